The molecule has 1 amide bonds. The van der Waals surface area contributed by atoms with Crippen LogP contribution in [0.25, 0.3) is 0 Å². The van der Waals surface area contributed by atoms with Gasteiger partial charge in [-0.3, -0.25) is 4.79 Å². The first-order chi connectivity index (χ1) is 7.99. The van der Waals surface area contributed by atoms with Gasteiger partial charge in [-0.15, -0.1) is 0 Å². The number of piperidine rings is 1. The largest absolute Gasteiger partial charge is 0.390 e. The van der Waals surface area contributed by atoms with Crippen molar-refractivity contribution in [3.8, 4) is 0 Å². The number of hydrogen-bond acceptors (Lipinski definition) is 2. The monoisotopic (exact) mass is 252 g/mol. The van der Waals surface area contributed by atoms with E-state index in [1.807, 2.05) is 0 Å². The third kappa shape index (κ3) is 6.51. The Morgan fingerprint density at radius 3 is 2.35 bits per heavy atom. The Bertz CT molecular complexity index is 237. The molecule has 0 atom stereocenters. The first kappa shape index (κ1) is 14.3. The van der Waals surface area contributed by atoms with E-state index in [0.717, 1.165) is 32.4 Å². The van der Waals surface area contributed by atoms with Gasteiger partial charge in [0.2, 0.25) is 5.91 Å². The van der Waals surface area contributed by atoms with Gasteiger partial charge in [0.25, 0.3) is 0 Å². The molecule has 0 unspecified atom stereocenters. The van der Waals surface area contributed by atoms with Crippen LogP contribution in [0.2, 0.25) is 0 Å². The molecule has 1 heterocycles. The minimum absolute atomic E-state index is 0.0456. The summed E-state index contributed by atoms with van der Waals surface area (Å²) in [6.07, 6.45) is -1.44. The maximum atomic E-state index is 11.8. The Hall–Kier alpha value is -0.780. The van der Waals surface area contributed by atoms with Crippen LogP contribution in [0.4, 0.5) is 13.2 Å². The summed E-state index contributed by atoms with van der Waals surface area (Å²) in [4.78, 5) is 13.4. The zero-order valence-corrected chi connectivity index (χ0v) is 9.85. The van der Waals surface area contributed by atoms with Gasteiger partial charge in [0, 0.05) is 32.6 Å². The molecule has 0 saturated carbocycles. The highest BCUT2D eigenvalue weighted by Gasteiger charge is 2.26. The quantitative estimate of drug-likeness (QED) is 0.758. The van der Waals surface area contributed by atoms with Crippen LogP contribution in [0.5, 0.6) is 0 Å². The van der Waals surface area contributed by atoms with Crippen molar-refractivity contribution in [3.63, 3.8) is 0 Å². The van der Waals surface area contributed by atoms with E-state index < -0.39 is 12.6 Å². The second-order valence-corrected chi connectivity index (χ2v) is 4.31. The van der Waals surface area contributed by atoms with Gasteiger partial charge < -0.3 is 10.2 Å². The van der Waals surface area contributed by atoms with Gasteiger partial charge >= 0.3 is 6.18 Å². The van der Waals surface area contributed by atoms with E-state index in [9.17, 15) is 18.0 Å². The van der Waals surface area contributed by atoms with Gasteiger partial charge in [-0.25, -0.2) is 0 Å². The normalized spacial score (nSPS) is 17.2. The van der Waals surface area contributed by atoms with Crippen molar-refractivity contribution in [1.82, 2.24) is 10.2 Å². The predicted molar refractivity (Wildman–Crippen MR) is 58.6 cm³/mol. The maximum absolute atomic E-state index is 11.8. The van der Waals surface area contributed by atoms with Crippen molar-refractivity contribution in [3.05, 3.63) is 0 Å². The van der Waals surface area contributed by atoms with Crippen LogP contribution in [0.15, 0.2) is 0 Å². The van der Waals surface area contributed by atoms with Gasteiger partial charge in [0.1, 0.15) is 0 Å². The molecule has 100 valence electrons. The van der Waals surface area contributed by atoms with Gasteiger partial charge in [-0.2, -0.15) is 13.2 Å². The topological polar surface area (TPSA) is 32.3 Å². The van der Waals surface area contributed by atoms with Gasteiger partial charge in [-0.1, -0.05) is 0 Å². The molecule has 1 fully saturated rings. The Morgan fingerprint density at radius 1 is 1.12 bits per heavy atom. The van der Waals surface area contributed by atoms with E-state index >= 15 is 0 Å². The summed E-state index contributed by atoms with van der Waals surface area (Å²) in [6, 6.07) is 0. The smallest absolute Gasteiger partial charge is 0.343 e. The van der Waals surface area contributed by atoms with E-state index in [1.54, 1.807) is 4.90 Å². The predicted octanol–water partition coefficient (Wildman–Crippen LogP) is 1.93. The average molecular weight is 252 g/mol. The first-order valence-electron chi connectivity index (χ1n) is 6.04. The zero-order valence-electron chi connectivity index (χ0n) is 9.85. The van der Waals surface area contributed by atoms with Gasteiger partial charge in [-0.05, 0) is 19.3 Å². The molecule has 1 rings (SSSR count). The molecular weight excluding hydrogens is 233 g/mol. The van der Waals surface area contributed by atoms with E-state index in [-0.39, 0.29) is 18.9 Å². The molecule has 1 saturated heterocycles. The number of hydrogen-bond donors (Lipinski definition) is 1. The summed E-state index contributed by atoms with van der Waals surface area (Å²) in [7, 11) is 0. The summed E-state index contributed by atoms with van der Waals surface area (Å²) < 4.78 is 35.5. The van der Waals surface area contributed by atoms with Crippen LogP contribution in [-0.4, -0.2) is 43.2 Å². The fourth-order valence-electron chi connectivity index (χ4n) is 1.85. The van der Waals surface area contributed by atoms with Crippen LogP contribution in [0.1, 0.15) is 32.1 Å². The van der Waals surface area contributed by atoms with Crippen molar-refractivity contribution in [2.24, 2.45) is 0 Å². The van der Waals surface area contributed by atoms with E-state index in [4.69, 9.17) is 0 Å². The summed E-state index contributed by atoms with van der Waals surface area (Å²) in [6.45, 7) is 1.80. The number of rotatable bonds is 5. The summed E-state index contributed by atoms with van der Waals surface area (Å²) >= 11 is 0. The van der Waals surface area contributed by atoms with Crippen molar-refractivity contribution in [2.75, 3.05) is 26.2 Å². The third-order valence-electron chi connectivity index (χ3n) is 2.81. The number of halogens is 3. The van der Waals surface area contributed by atoms with Crippen LogP contribution in [0, 0.1) is 0 Å². The van der Waals surface area contributed by atoms with E-state index in [2.05, 4.69) is 5.32 Å². The molecule has 1 aliphatic rings. The summed E-state index contributed by atoms with van der Waals surface area (Å²) in [5.74, 6) is 0.0456. The van der Waals surface area contributed by atoms with E-state index in [1.165, 1.54) is 0 Å². The van der Waals surface area contributed by atoms with Crippen molar-refractivity contribution in [1.29, 1.82) is 0 Å². The number of nitrogens with zero attached hydrogens (tertiary/aromatic N) is 1. The molecule has 1 N–H and O–H groups in total. The van der Waals surface area contributed by atoms with Crippen molar-refractivity contribution in [2.45, 2.75) is 38.3 Å². The Labute approximate surface area is 99.4 Å². The fraction of sp³-hybridized carbons (Fsp3) is 0.909. The molecule has 0 aliphatic carbocycles. The molecule has 0 aromatic carbocycles. The molecule has 0 spiro atoms. The van der Waals surface area contributed by atoms with Crippen LogP contribution in [-0.2, 0) is 4.79 Å². The highest BCUT2D eigenvalue weighted by molar-refractivity contribution is 5.76. The number of carbonyl (C=O) groups is 1. The Kier molecular flexibility index (Phi) is 5.74. The number of alkyl halides is 3. The van der Waals surface area contributed by atoms with Crippen LogP contribution < -0.4 is 5.32 Å². The summed E-state index contributed by atoms with van der Waals surface area (Å²) in [5, 5.41) is 2.64. The second-order valence-electron chi connectivity index (χ2n) is 4.31. The molecule has 0 radical (unpaired) electrons. The first-order valence-corrected chi connectivity index (χ1v) is 6.04. The lowest BCUT2D eigenvalue weighted by Crippen LogP contribution is -2.37. The lowest BCUT2D eigenvalue weighted by atomic mass is 10.1. The third-order valence-corrected chi connectivity index (χ3v) is 2.81. The number of nitrogens with one attached hydrogen (secondary N) is 1. The van der Waals surface area contributed by atoms with Crippen molar-refractivity contribution < 1.29 is 18.0 Å². The number of amides is 1. The van der Waals surface area contributed by atoms with Crippen LogP contribution in [0.3, 0.4) is 0 Å². The Balaban J connectivity index is 2.04. The molecular formula is C11H19F3N2O. The fourth-order valence-corrected chi connectivity index (χ4v) is 1.85. The van der Waals surface area contributed by atoms with Crippen LogP contribution >= 0.6 is 0 Å². The van der Waals surface area contributed by atoms with E-state index in [0.29, 0.717) is 6.54 Å². The minimum atomic E-state index is -4.12. The molecule has 3 nitrogen and oxygen atoms in total. The second kappa shape index (κ2) is 6.83. The molecule has 6 heteroatoms. The molecule has 1 aliphatic heterocycles. The lowest BCUT2D eigenvalue weighted by molar-refractivity contribution is -0.133. The SMILES string of the molecule is O=C(CCNCCC(F)(F)F)N1CCCCC1. The average Bonchev–Trinajstić information content (AvgIpc) is 2.28. The zero-order chi connectivity index (χ0) is 12.7. The Morgan fingerprint density at radius 2 is 1.76 bits per heavy atom. The highest BCUT2D eigenvalue weighted by Crippen LogP contribution is 2.18. The van der Waals surface area contributed by atoms with Gasteiger partial charge in [0.15, 0.2) is 0 Å². The van der Waals surface area contributed by atoms with Crippen molar-refractivity contribution >= 4 is 5.91 Å². The molecule has 0 aromatic heterocycles. The highest BCUT2D eigenvalue weighted by atomic mass is 19.4. The number of likely N-dealkylation sites (tertiary alicyclic amines) is 1. The maximum Gasteiger partial charge on any atom is 0.390 e. The minimum Gasteiger partial charge on any atom is -0.343 e. The summed E-state index contributed by atoms with van der Waals surface area (Å²) in [5.41, 5.74) is 0. The van der Waals surface area contributed by atoms with Gasteiger partial charge in [0.05, 0.1) is 6.42 Å². The molecule has 0 aromatic rings. The molecule has 17 heavy (non-hydrogen) atoms. The number of carbonyl (C=O) groups excluding carboxylic acids is 1. The molecule has 0 bridgehead atoms. The lowest BCUT2D eigenvalue weighted by Gasteiger charge is -2.26. The standard InChI is InChI=1S/C11H19F3N2O/c12-11(13,14)5-7-15-6-4-10(17)16-8-2-1-3-9-16/h15H,1-9H2.